The maximum Gasteiger partial charge on any atom is 0.170 e. The van der Waals surface area contributed by atoms with Crippen LogP contribution >= 0.6 is 12.2 Å². The van der Waals surface area contributed by atoms with Gasteiger partial charge in [-0.2, -0.15) is 0 Å². The molecule has 2 aromatic rings. The number of hydrogen-bond acceptors (Lipinski definition) is 2. The average molecular weight is 340 g/mol. The fraction of sp³-hybridized carbons (Fsp3) is 0.474. The number of aromatic nitrogens is 2. The SMILES string of the molecule is CCN1C(=S)N[C@H](c2ccccn2)[C@H]1c1cccn1C1CCCC1. The van der Waals surface area contributed by atoms with Crippen molar-refractivity contribution in [1.29, 1.82) is 0 Å². The molecule has 126 valence electrons. The molecular weight excluding hydrogens is 316 g/mol. The Kier molecular flexibility index (Phi) is 4.27. The lowest BCUT2D eigenvalue weighted by Crippen LogP contribution is -2.30. The number of rotatable bonds is 4. The maximum atomic E-state index is 5.62. The number of hydrogen-bond donors (Lipinski definition) is 1. The predicted octanol–water partition coefficient (Wildman–Crippen LogP) is 3.99. The summed E-state index contributed by atoms with van der Waals surface area (Å²) >= 11 is 5.62. The Morgan fingerprint density at radius 1 is 1.21 bits per heavy atom. The summed E-state index contributed by atoms with van der Waals surface area (Å²) < 4.78 is 2.49. The molecule has 24 heavy (non-hydrogen) atoms. The third-order valence-corrected chi connectivity index (χ3v) is 5.72. The summed E-state index contributed by atoms with van der Waals surface area (Å²) in [7, 11) is 0. The summed E-state index contributed by atoms with van der Waals surface area (Å²) in [5.41, 5.74) is 2.41. The molecule has 0 amide bonds. The van der Waals surface area contributed by atoms with Crippen molar-refractivity contribution >= 4 is 17.3 Å². The van der Waals surface area contributed by atoms with E-state index in [4.69, 9.17) is 12.2 Å². The standard InChI is InChI=1S/C19H24N4S/c1-2-22-18(16-11-7-13-23(16)14-8-3-4-9-14)17(21-19(22)24)15-10-5-6-12-20-15/h5-7,10-14,17-18H,2-4,8-9H2,1H3,(H,21,24)/t17-,18-/m1/s1. The highest BCUT2D eigenvalue weighted by Crippen LogP contribution is 2.41. The Labute approximate surface area is 148 Å². The molecule has 0 radical (unpaired) electrons. The second-order valence-electron chi connectivity index (χ2n) is 6.69. The Morgan fingerprint density at radius 3 is 2.75 bits per heavy atom. The van der Waals surface area contributed by atoms with Gasteiger partial charge in [-0.05, 0) is 56.2 Å². The molecule has 3 heterocycles. The van der Waals surface area contributed by atoms with Gasteiger partial charge in [0.15, 0.2) is 5.11 Å². The molecule has 4 rings (SSSR count). The summed E-state index contributed by atoms with van der Waals surface area (Å²) in [6, 6.07) is 11.5. The van der Waals surface area contributed by atoms with E-state index >= 15 is 0 Å². The fourth-order valence-electron chi connectivity index (χ4n) is 4.24. The zero-order valence-electron chi connectivity index (χ0n) is 14.1. The van der Waals surface area contributed by atoms with Crippen LogP contribution in [0.25, 0.3) is 0 Å². The Bertz CT molecular complexity index is 705. The van der Waals surface area contributed by atoms with Crippen molar-refractivity contribution < 1.29 is 0 Å². The monoisotopic (exact) mass is 340 g/mol. The summed E-state index contributed by atoms with van der Waals surface area (Å²) in [4.78, 5) is 6.89. The summed E-state index contributed by atoms with van der Waals surface area (Å²) in [5, 5.41) is 4.34. The molecule has 2 aromatic heterocycles. The molecule has 0 unspecified atom stereocenters. The first-order valence-corrected chi connectivity index (χ1v) is 9.35. The van der Waals surface area contributed by atoms with Gasteiger partial charge in [-0.15, -0.1) is 0 Å². The molecule has 1 saturated carbocycles. The van der Waals surface area contributed by atoms with Crippen LogP contribution in [0.4, 0.5) is 0 Å². The first-order chi connectivity index (χ1) is 11.8. The first-order valence-electron chi connectivity index (χ1n) is 8.94. The van der Waals surface area contributed by atoms with E-state index in [9.17, 15) is 0 Å². The van der Waals surface area contributed by atoms with Crippen molar-refractivity contribution in [3.63, 3.8) is 0 Å². The molecule has 1 saturated heterocycles. The van der Waals surface area contributed by atoms with Crippen LogP contribution in [0.2, 0.25) is 0 Å². The van der Waals surface area contributed by atoms with Gasteiger partial charge in [0.1, 0.15) is 0 Å². The molecule has 0 bridgehead atoms. The van der Waals surface area contributed by atoms with E-state index in [2.05, 4.69) is 57.2 Å². The molecule has 1 N–H and O–H groups in total. The summed E-state index contributed by atoms with van der Waals surface area (Å²) in [5.74, 6) is 0. The maximum absolute atomic E-state index is 5.62. The zero-order valence-corrected chi connectivity index (χ0v) is 14.9. The highest BCUT2D eigenvalue weighted by Gasteiger charge is 2.40. The Hall–Kier alpha value is -1.88. The van der Waals surface area contributed by atoms with Crippen LogP contribution in [0.5, 0.6) is 0 Å². The normalized spacial score (nSPS) is 24.5. The van der Waals surface area contributed by atoms with E-state index in [-0.39, 0.29) is 12.1 Å². The van der Waals surface area contributed by atoms with E-state index in [0.29, 0.717) is 6.04 Å². The summed E-state index contributed by atoms with van der Waals surface area (Å²) in [6.07, 6.45) is 9.35. The van der Waals surface area contributed by atoms with Crippen LogP contribution in [-0.2, 0) is 0 Å². The highest BCUT2D eigenvalue weighted by molar-refractivity contribution is 7.80. The highest BCUT2D eigenvalue weighted by atomic mass is 32.1. The van der Waals surface area contributed by atoms with Crippen LogP contribution in [-0.4, -0.2) is 26.1 Å². The third-order valence-electron chi connectivity index (χ3n) is 5.37. The third kappa shape index (κ3) is 2.61. The lowest BCUT2D eigenvalue weighted by Gasteiger charge is -2.29. The average Bonchev–Trinajstić information content (AvgIpc) is 3.34. The first kappa shape index (κ1) is 15.6. The van der Waals surface area contributed by atoms with Crippen LogP contribution in [0.1, 0.15) is 62.1 Å². The molecular formula is C19H24N4S. The van der Waals surface area contributed by atoms with Crippen LogP contribution in [0.3, 0.4) is 0 Å². The molecule has 0 spiro atoms. The predicted molar refractivity (Wildman–Crippen MR) is 99.8 cm³/mol. The molecule has 2 aliphatic rings. The topological polar surface area (TPSA) is 33.1 Å². The van der Waals surface area contributed by atoms with Crippen molar-refractivity contribution in [2.45, 2.75) is 50.7 Å². The number of thiocarbonyl (C=S) groups is 1. The van der Waals surface area contributed by atoms with E-state index in [1.54, 1.807) is 0 Å². The van der Waals surface area contributed by atoms with Crippen molar-refractivity contribution in [2.24, 2.45) is 0 Å². The number of nitrogens with zero attached hydrogens (tertiary/aromatic N) is 3. The quantitative estimate of drug-likeness (QED) is 0.853. The molecule has 2 fully saturated rings. The zero-order chi connectivity index (χ0) is 16.5. The van der Waals surface area contributed by atoms with Gasteiger partial charge in [0, 0.05) is 30.7 Å². The summed E-state index contributed by atoms with van der Waals surface area (Å²) in [6.45, 7) is 3.07. The van der Waals surface area contributed by atoms with E-state index in [1.807, 2.05) is 12.3 Å². The van der Waals surface area contributed by atoms with E-state index in [0.717, 1.165) is 17.4 Å². The van der Waals surface area contributed by atoms with Gasteiger partial charge in [0.25, 0.3) is 0 Å². The number of nitrogens with one attached hydrogen (secondary N) is 1. The molecule has 1 aliphatic heterocycles. The molecule has 2 atom stereocenters. The van der Waals surface area contributed by atoms with Crippen LogP contribution in [0, 0.1) is 0 Å². The van der Waals surface area contributed by atoms with Gasteiger partial charge < -0.3 is 14.8 Å². The minimum Gasteiger partial charge on any atom is -0.352 e. The lowest BCUT2D eigenvalue weighted by atomic mass is 10.0. The van der Waals surface area contributed by atoms with E-state index in [1.165, 1.54) is 31.4 Å². The van der Waals surface area contributed by atoms with Gasteiger partial charge in [0.05, 0.1) is 17.8 Å². The lowest BCUT2D eigenvalue weighted by molar-refractivity contribution is 0.307. The minimum absolute atomic E-state index is 0.105. The minimum atomic E-state index is 0.105. The molecule has 4 nitrogen and oxygen atoms in total. The largest absolute Gasteiger partial charge is 0.352 e. The van der Waals surface area contributed by atoms with Gasteiger partial charge in [-0.1, -0.05) is 18.9 Å². The van der Waals surface area contributed by atoms with E-state index < -0.39 is 0 Å². The van der Waals surface area contributed by atoms with Crippen molar-refractivity contribution in [3.05, 3.63) is 54.1 Å². The van der Waals surface area contributed by atoms with Gasteiger partial charge in [0.2, 0.25) is 0 Å². The molecule has 5 heteroatoms. The second-order valence-corrected chi connectivity index (χ2v) is 7.08. The Morgan fingerprint density at radius 2 is 2.04 bits per heavy atom. The second kappa shape index (κ2) is 6.55. The van der Waals surface area contributed by atoms with Crippen LogP contribution < -0.4 is 5.32 Å². The Balaban J connectivity index is 1.75. The fourth-order valence-corrected chi connectivity index (χ4v) is 4.61. The van der Waals surface area contributed by atoms with Gasteiger partial charge in [-0.3, -0.25) is 4.98 Å². The van der Waals surface area contributed by atoms with Crippen molar-refractivity contribution in [1.82, 2.24) is 19.8 Å². The van der Waals surface area contributed by atoms with Crippen LogP contribution in [0.15, 0.2) is 42.7 Å². The smallest absolute Gasteiger partial charge is 0.170 e. The number of pyridine rings is 1. The molecule has 0 aromatic carbocycles. The van der Waals surface area contributed by atoms with Gasteiger partial charge in [-0.25, -0.2) is 0 Å². The van der Waals surface area contributed by atoms with Crippen molar-refractivity contribution in [3.8, 4) is 0 Å². The van der Waals surface area contributed by atoms with Crippen molar-refractivity contribution in [2.75, 3.05) is 6.54 Å². The number of likely N-dealkylation sites (N-methyl/N-ethyl adjacent to an activating group) is 1. The molecule has 1 aliphatic carbocycles. The van der Waals surface area contributed by atoms with Gasteiger partial charge >= 0.3 is 0 Å².